The van der Waals surface area contributed by atoms with Gasteiger partial charge in [-0.25, -0.2) is 8.78 Å². The lowest BCUT2D eigenvalue weighted by Gasteiger charge is -2.18. The fraction of sp³-hybridized carbons (Fsp3) is 1.00. The molecule has 116 valence electrons. The van der Waals surface area contributed by atoms with E-state index in [-0.39, 0.29) is 12.2 Å². The monoisotopic (exact) mass is 282 g/mol. The lowest BCUT2D eigenvalue weighted by molar-refractivity contribution is -0.0900. The number of hydrogen-bond donors (Lipinski definition) is 2. The summed E-state index contributed by atoms with van der Waals surface area (Å²) in [5.41, 5.74) is 4.93. The van der Waals surface area contributed by atoms with Crippen LogP contribution in [0.15, 0.2) is 0 Å². The van der Waals surface area contributed by atoms with Crippen LogP contribution in [-0.4, -0.2) is 51.0 Å². The van der Waals surface area contributed by atoms with E-state index in [0.29, 0.717) is 6.42 Å². The van der Waals surface area contributed by atoms with Crippen LogP contribution in [0.4, 0.5) is 8.78 Å². The maximum absolute atomic E-state index is 12.8. The summed E-state index contributed by atoms with van der Waals surface area (Å²) in [7, 11) is 0. The maximum Gasteiger partial charge on any atom is 0.282 e. The zero-order chi connectivity index (χ0) is 14.7. The molecule has 0 bridgehead atoms. The number of halogens is 2. The van der Waals surface area contributed by atoms with Crippen LogP contribution in [0.2, 0.25) is 0 Å². The Kier molecular flexibility index (Phi) is 10.3. The van der Waals surface area contributed by atoms with Crippen molar-refractivity contribution < 1.29 is 18.3 Å². The molecule has 0 fully saturated rings. The third-order valence-corrected chi connectivity index (χ3v) is 2.55. The van der Waals surface area contributed by atoms with Crippen molar-refractivity contribution in [2.24, 2.45) is 5.73 Å². The molecule has 1 atom stereocenters. The minimum atomic E-state index is -2.92. The molecular weight excluding hydrogens is 254 g/mol. The van der Waals surface area contributed by atoms with Gasteiger partial charge in [0.2, 0.25) is 0 Å². The van der Waals surface area contributed by atoms with Crippen molar-refractivity contribution in [3.63, 3.8) is 0 Å². The van der Waals surface area contributed by atoms with Crippen molar-refractivity contribution in [2.45, 2.75) is 51.7 Å². The SMILES string of the molecule is CC(C)OCCCNCCC(C)OCC(F)(F)CN. The molecule has 0 saturated heterocycles. The Labute approximate surface area is 115 Å². The molecule has 0 heterocycles. The molecule has 3 N–H and O–H groups in total. The Morgan fingerprint density at radius 2 is 1.84 bits per heavy atom. The number of alkyl halides is 2. The molecule has 4 nitrogen and oxygen atoms in total. The van der Waals surface area contributed by atoms with Gasteiger partial charge in [0.1, 0.15) is 6.61 Å². The van der Waals surface area contributed by atoms with E-state index in [0.717, 1.165) is 26.1 Å². The molecule has 1 unspecified atom stereocenters. The Bertz CT molecular complexity index is 217. The van der Waals surface area contributed by atoms with Gasteiger partial charge in [-0.2, -0.15) is 0 Å². The van der Waals surface area contributed by atoms with Crippen molar-refractivity contribution in [1.82, 2.24) is 5.32 Å². The van der Waals surface area contributed by atoms with Crippen molar-refractivity contribution in [3.8, 4) is 0 Å². The van der Waals surface area contributed by atoms with Gasteiger partial charge < -0.3 is 20.5 Å². The van der Waals surface area contributed by atoms with E-state index >= 15 is 0 Å². The molecule has 6 heteroatoms. The molecule has 0 rings (SSSR count). The van der Waals surface area contributed by atoms with Crippen LogP contribution in [0.3, 0.4) is 0 Å². The highest BCUT2D eigenvalue weighted by Crippen LogP contribution is 2.12. The van der Waals surface area contributed by atoms with Gasteiger partial charge in [0.25, 0.3) is 5.92 Å². The van der Waals surface area contributed by atoms with Crippen LogP contribution in [0, 0.1) is 0 Å². The van der Waals surface area contributed by atoms with Crippen LogP contribution in [0.5, 0.6) is 0 Å². The largest absolute Gasteiger partial charge is 0.379 e. The van der Waals surface area contributed by atoms with Gasteiger partial charge in [-0.15, -0.1) is 0 Å². The second-order valence-corrected chi connectivity index (χ2v) is 4.99. The molecule has 0 aliphatic rings. The topological polar surface area (TPSA) is 56.5 Å². The van der Waals surface area contributed by atoms with E-state index in [9.17, 15) is 8.78 Å². The van der Waals surface area contributed by atoms with Gasteiger partial charge in [0, 0.05) is 6.61 Å². The molecular formula is C13H28F2N2O2. The lowest BCUT2D eigenvalue weighted by atomic mass is 10.2. The third-order valence-electron chi connectivity index (χ3n) is 2.55. The minimum absolute atomic E-state index is 0.197. The second kappa shape index (κ2) is 10.5. The van der Waals surface area contributed by atoms with Crippen molar-refractivity contribution >= 4 is 0 Å². The van der Waals surface area contributed by atoms with Gasteiger partial charge in [-0.1, -0.05) is 0 Å². The first kappa shape index (κ1) is 18.7. The first-order valence-electron chi connectivity index (χ1n) is 6.89. The Balaban J connectivity index is 3.36. The van der Waals surface area contributed by atoms with Crippen LogP contribution >= 0.6 is 0 Å². The second-order valence-electron chi connectivity index (χ2n) is 4.99. The van der Waals surface area contributed by atoms with Crippen molar-refractivity contribution in [3.05, 3.63) is 0 Å². The third kappa shape index (κ3) is 12.5. The van der Waals surface area contributed by atoms with Crippen molar-refractivity contribution in [2.75, 3.05) is 32.8 Å². The summed E-state index contributed by atoms with van der Waals surface area (Å²) < 4.78 is 36.1. The smallest absolute Gasteiger partial charge is 0.282 e. The average molecular weight is 282 g/mol. The minimum Gasteiger partial charge on any atom is -0.379 e. The van der Waals surface area contributed by atoms with Gasteiger partial charge in [0.05, 0.1) is 18.8 Å². The molecule has 0 radical (unpaired) electrons. The predicted molar refractivity (Wildman–Crippen MR) is 72.6 cm³/mol. The van der Waals surface area contributed by atoms with Gasteiger partial charge in [-0.3, -0.25) is 0 Å². The van der Waals surface area contributed by atoms with E-state index < -0.39 is 19.1 Å². The van der Waals surface area contributed by atoms with E-state index in [4.69, 9.17) is 15.2 Å². The molecule has 19 heavy (non-hydrogen) atoms. The van der Waals surface area contributed by atoms with Gasteiger partial charge in [-0.05, 0) is 46.7 Å². The fourth-order valence-corrected chi connectivity index (χ4v) is 1.35. The molecule has 0 aromatic rings. The average Bonchev–Trinajstić information content (AvgIpc) is 2.35. The number of rotatable bonds is 12. The van der Waals surface area contributed by atoms with E-state index in [1.165, 1.54) is 0 Å². The van der Waals surface area contributed by atoms with E-state index in [1.54, 1.807) is 6.92 Å². The normalized spacial score (nSPS) is 14.1. The van der Waals surface area contributed by atoms with Gasteiger partial charge in [0.15, 0.2) is 0 Å². The highest BCUT2D eigenvalue weighted by atomic mass is 19.3. The van der Waals surface area contributed by atoms with Crippen LogP contribution in [0.1, 0.15) is 33.6 Å². The summed E-state index contributed by atoms with van der Waals surface area (Å²) in [5.74, 6) is -2.92. The Morgan fingerprint density at radius 1 is 1.16 bits per heavy atom. The number of ether oxygens (including phenoxy) is 2. The van der Waals surface area contributed by atoms with Crippen molar-refractivity contribution in [1.29, 1.82) is 0 Å². The molecule has 0 aliphatic heterocycles. The van der Waals surface area contributed by atoms with Crippen LogP contribution < -0.4 is 11.1 Å². The maximum atomic E-state index is 12.8. The predicted octanol–water partition coefficient (Wildman–Crippen LogP) is 1.78. The standard InChI is InChI=1S/C13H28F2N2O2/c1-11(2)18-8-4-6-17-7-5-12(3)19-10-13(14,15)9-16/h11-12,17H,4-10,16H2,1-3H3. The van der Waals surface area contributed by atoms with E-state index in [1.807, 2.05) is 13.8 Å². The summed E-state index contributed by atoms with van der Waals surface area (Å²) in [6.07, 6.45) is 1.71. The number of nitrogens with two attached hydrogens (primary N) is 1. The number of nitrogens with one attached hydrogen (secondary N) is 1. The first-order chi connectivity index (χ1) is 8.87. The Morgan fingerprint density at radius 3 is 2.42 bits per heavy atom. The van der Waals surface area contributed by atoms with Gasteiger partial charge >= 0.3 is 0 Å². The molecule has 0 aromatic carbocycles. The quantitative estimate of drug-likeness (QED) is 0.536. The molecule has 0 aromatic heterocycles. The molecule has 0 amide bonds. The fourth-order valence-electron chi connectivity index (χ4n) is 1.35. The summed E-state index contributed by atoms with van der Waals surface area (Å²) in [6, 6.07) is 0. The summed E-state index contributed by atoms with van der Waals surface area (Å²) >= 11 is 0. The zero-order valence-electron chi connectivity index (χ0n) is 12.3. The zero-order valence-corrected chi connectivity index (χ0v) is 12.3. The van der Waals surface area contributed by atoms with E-state index in [2.05, 4.69) is 5.32 Å². The van der Waals surface area contributed by atoms with Crippen LogP contribution in [-0.2, 0) is 9.47 Å². The summed E-state index contributed by atoms with van der Waals surface area (Å²) in [6.45, 7) is 6.86. The Hall–Kier alpha value is -0.300. The van der Waals surface area contributed by atoms with Crippen LogP contribution in [0.25, 0.3) is 0 Å². The lowest BCUT2D eigenvalue weighted by Crippen LogP contribution is -2.35. The summed E-state index contributed by atoms with van der Waals surface area (Å²) in [4.78, 5) is 0. The molecule has 0 aliphatic carbocycles. The molecule has 0 spiro atoms. The number of hydrogen-bond acceptors (Lipinski definition) is 4. The summed E-state index contributed by atoms with van der Waals surface area (Å²) in [5, 5.41) is 3.23. The highest BCUT2D eigenvalue weighted by molar-refractivity contribution is 4.66. The molecule has 0 saturated carbocycles. The highest BCUT2D eigenvalue weighted by Gasteiger charge is 2.27. The first-order valence-corrected chi connectivity index (χ1v) is 6.89.